The molecule has 0 radical (unpaired) electrons. The van der Waals surface area contributed by atoms with Gasteiger partial charge in [-0.1, -0.05) is 17.7 Å². The lowest BCUT2D eigenvalue weighted by Gasteiger charge is -2.11. The fourth-order valence-electron chi connectivity index (χ4n) is 2.59. The molecule has 0 aromatic heterocycles. The smallest absolute Gasteiger partial charge is 0.344 e. The topological polar surface area (TPSA) is 88.4 Å². The number of carbonyl (C=O) groups excluding carboxylic acids is 2. The number of esters is 1. The van der Waals surface area contributed by atoms with E-state index in [1.165, 1.54) is 6.08 Å². The van der Waals surface area contributed by atoms with Crippen LogP contribution in [0.4, 0.5) is 5.69 Å². The monoisotopic (exact) mass is 582 g/mol. The van der Waals surface area contributed by atoms with E-state index in [4.69, 9.17) is 9.47 Å². The molecule has 0 heterocycles. The van der Waals surface area contributed by atoms with E-state index in [1.807, 2.05) is 38.1 Å². The number of halogens is 2. The van der Waals surface area contributed by atoms with Crippen LogP contribution in [0.3, 0.4) is 0 Å². The molecule has 0 aliphatic carbocycles. The highest BCUT2D eigenvalue weighted by Crippen LogP contribution is 2.33. The number of anilines is 1. The SMILES string of the molecule is CCOC(=O)COc1c(Br)cc(/C=C(\C#N)C(=O)Nc2ccc(C)cc2C)cc1I. The summed E-state index contributed by atoms with van der Waals surface area (Å²) >= 11 is 5.47. The Bertz CT molecular complexity index is 1020. The molecule has 156 valence electrons. The molecule has 0 bridgehead atoms. The maximum Gasteiger partial charge on any atom is 0.344 e. The summed E-state index contributed by atoms with van der Waals surface area (Å²) < 4.78 is 11.7. The van der Waals surface area contributed by atoms with E-state index in [1.54, 1.807) is 19.1 Å². The summed E-state index contributed by atoms with van der Waals surface area (Å²) in [5.41, 5.74) is 3.28. The van der Waals surface area contributed by atoms with Crippen LogP contribution in [0.5, 0.6) is 5.75 Å². The Morgan fingerprint density at radius 1 is 1.27 bits per heavy atom. The Morgan fingerprint density at radius 2 is 2.00 bits per heavy atom. The number of hydrogen-bond acceptors (Lipinski definition) is 5. The Hall–Kier alpha value is -2.38. The highest BCUT2D eigenvalue weighted by molar-refractivity contribution is 14.1. The molecule has 30 heavy (non-hydrogen) atoms. The van der Waals surface area contributed by atoms with Gasteiger partial charge < -0.3 is 14.8 Å². The second kappa shape index (κ2) is 11.1. The highest BCUT2D eigenvalue weighted by Gasteiger charge is 2.14. The zero-order valence-electron chi connectivity index (χ0n) is 16.7. The largest absolute Gasteiger partial charge is 0.480 e. The fraction of sp³-hybridized carbons (Fsp3) is 0.227. The number of ether oxygens (including phenoxy) is 2. The van der Waals surface area contributed by atoms with Gasteiger partial charge in [-0.25, -0.2) is 4.79 Å². The Morgan fingerprint density at radius 3 is 2.60 bits per heavy atom. The molecule has 1 amide bonds. The maximum absolute atomic E-state index is 12.6. The van der Waals surface area contributed by atoms with Crippen molar-refractivity contribution >= 4 is 62.2 Å². The predicted molar refractivity (Wildman–Crippen MR) is 127 cm³/mol. The van der Waals surface area contributed by atoms with E-state index in [2.05, 4.69) is 43.8 Å². The van der Waals surface area contributed by atoms with Gasteiger partial charge in [-0.05, 0) is 94.7 Å². The zero-order valence-corrected chi connectivity index (χ0v) is 20.5. The molecule has 0 saturated heterocycles. The number of rotatable bonds is 7. The molecule has 2 rings (SSSR count). The molecule has 0 saturated carbocycles. The van der Waals surface area contributed by atoms with Crippen molar-refractivity contribution in [1.82, 2.24) is 0 Å². The van der Waals surface area contributed by atoms with Gasteiger partial charge in [0.15, 0.2) is 6.61 Å². The number of hydrogen-bond donors (Lipinski definition) is 1. The number of nitriles is 1. The molecule has 2 aromatic rings. The van der Waals surface area contributed by atoms with E-state index < -0.39 is 11.9 Å². The van der Waals surface area contributed by atoms with Crippen molar-refractivity contribution in [2.24, 2.45) is 0 Å². The third-order valence-electron chi connectivity index (χ3n) is 3.97. The van der Waals surface area contributed by atoms with Crippen LogP contribution in [0.15, 0.2) is 40.4 Å². The van der Waals surface area contributed by atoms with Crippen LogP contribution in [0.2, 0.25) is 0 Å². The summed E-state index contributed by atoms with van der Waals surface area (Å²) in [5.74, 6) is -0.462. The van der Waals surface area contributed by atoms with Gasteiger partial charge in [0.1, 0.15) is 17.4 Å². The standard InChI is InChI=1S/C22H20BrIN2O4/c1-4-29-20(27)12-30-21-17(23)9-15(10-18(21)24)8-16(11-25)22(28)26-19-6-5-13(2)7-14(19)3/h5-10H,4,12H2,1-3H3,(H,26,28)/b16-8+. The summed E-state index contributed by atoms with van der Waals surface area (Å²) in [5, 5.41) is 12.2. The van der Waals surface area contributed by atoms with Crippen molar-refractivity contribution < 1.29 is 19.1 Å². The summed E-state index contributed by atoms with van der Waals surface area (Å²) in [4.78, 5) is 24.1. The highest BCUT2D eigenvalue weighted by atomic mass is 127. The molecule has 8 heteroatoms. The van der Waals surface area contributed by atoms with Gasteiger partial charge in [0.25, 0.3) is 5.91 Å². The average Bonchev–Trinajstić information content (AvgIpc) is 2.67. The van der Waals surface area contributed by atoms with Crippen LogP contribution in [0.1, 0.15) is 23.6 Å². The number of aryl methyl sites for hydroxylation is 2. The molecule has 0 aliphatic heterocycles. The fourth-order valence-corrected chi connectivity index (χ4v) is 4.36. The first-order valence-electron chi connectivity index (χ1n) is 9.03. The molecular formula is C22H20BrIN2O4. The first-order chi connectivity index (χ1) is 14.2. The van der Waals surface area contributed by atoms with Crippen molar-refractivity contribution in [1.29, 1.82) is 5.26 Å². The second-order valence-corrected chi connectivity index (χ2v) is 8.37. The Balaban J connectivity index is 2.21. The van der Waals surface area contributed by atoms with Crippen LogP contribution in [-0.4, -0.2) is 25.1 Å². The molecule has 0 unspecified atom stereocenters. The van der Waals surface area contributed by atoms with Crippen molar-refractivity contribution in [3.63, 3.8) is 0 Å². The van der Waals surface area contributed by atoms with Gasteiger partial charge in [0.2, 0.25) is 0 Å². The quantitative estimate of drug-likeness (QED) is 0.211. The van der Waals surface area contributed by atoms with Gasteiger partial charge in [-0.3, -0.25) is 4.79 Å². The van der Waals surface area contributed by atoms with Crippen LogP contribution in [0, 0.1) is 28.7 Å². The van der Waals surface area contributed by atoms with E-state index in [0.29, 0.717) is 25.0 Å². The van der Waals surface area contributed by atoms with Crippen LogP contribution in [-0.2, 0) is 14.3 Å². The first-order valence-corrected chi connectivity index (χ1v) is 10.9. The third-order valence-corrected chi connectivity index (χ3v) is 5.36. The predicted octanol–water partition coefficient (Wildman–Crippen LogP) is 5.16. The van der Waals surface area contributed by atoms with Crippen LogP contribution < -0.4 is 10.1 Å². The number of carbonyl (C=O) groups is 2. The molecule has 0 aliphatic rings. The van der Waals surface area contributed by atoms with Gasteiger partial charge >= 0.3 is 5.97 Å². The minimum Gasteiger partial charge on any atom is -0.480 e. The average molecular weight is 583 g/mol. The molecule has 0 atom stereocenters. The lowest BCUT2D eigenvalue weighted by atomic mass is 10.1. The van der Waals surface area contributed by atoms with Crippen LogP contribution in [0.25, 0.3) is 6.08 Å². The van der Waals surface area contributed by atoms with Gasteiger partial charge in [0, 0.05) is 5.69 Å². The third kappa shape index (κ3) is 6.57. The normalized spacial score (nSPS) is 10.9. The van der Waals surface area contributed by atoms with Crippen molar-refractivity contribution in [2.75, 3.05) is 18.5 Å². The summed E-state index contributed by atoms with van der Waals surface area (Å²) in [6, 6.07) is 11.1. The molecule has 2 aromatic carbocycles. The number of nitrogens with zero attached hydrogens (tertiary/aromatic N) is 1. The minimum atomic E-state index is -0.488. The van der Waals surface area contributed by atoms with Crippen molar-refractivity contribution in [3.8, 4) is 11.8 Å². The summed E-state index contributed by atoms with van der Waals surface area (Å²) in [6.07, 6.45) is 1.50. The van der Waals surface area contributed by atoms with E-state index in [-0.39, 0.29) is 18.8 Å². The lowest BCUT2D eigenvalue weighted by Crippen LogP contribution is -2.15. The first kappa shape index (κ1) is 23.9. The van der Waals surface area contributed by atoms with E-state index in [0.717, 1.165) is 11.1 Å². The Kier molecular flexibility index (Phi) is 8.87. The molecular weight excluding hydrogens is 563 g/mol. The summed E-state index contributed by atoms with van der Waals surface area (Å²) in [7, 11) is 0. The molecule has 0 spiro atoms. The van der Waals surface area contributed by atoms with Crippen LogP contribution >= 0.6 is 38.5 Å². The van der Waals surface area contributed by atoms with Gasteiger partial charge in [-0.2, -0.15) is 5.26 Å². The minimum absolute atomic E-state index is 0.0298. The maximum atomic E-state index is 12.6. The molecule has 6 nitrogen and oxygen atoms in total. The number of amides is 1. The van der Waals surface area contributed by atoms with Crippen molar-refractivity contribution in [3.05, 3.63) is 60.6 Å². The van der Waals surface area contributed by atoms with E-state index >= 15 is 0 Å². The Labute approximate surface area is 197 Å². The van der Waals surface area contributed by atoms with Gasteiger partial charge in [-0.15, -0.1) is 0 Å². The van der Waals surface area contributed by atoms with Crippen molar-refractivity contribution in [2.45, 2.75) is 20.8 Å². The number of nitrogens with one attached hydrogen (secondary N) is 1. The summed E-state index contributed by atoms with van der Waals surface area (Å²) in [6.45, 7) is 5.66. The lowest BCUT2D eigenvalue weighted by molar-refractivity contribution is -0.145. The molecule has 0 fully saturated rings. The molecule has 1 N–H and O–H groups in total. The van der Waals surface area contributed by atoms with E-state index in [9.17, 15) is 14.9 Å². The number of benzene rings is 2. The zero-order chi connectivity index (χ0) is 22.3. The van der Waals surface area contributed by atoms with Gasteiger partial charge in [0.05, 0.1) is 14.6 Å². The second-order valence-electron chi connectivity index (χ2n) is 6.35.